The molecular weight excluding hydrogens is 381 g/mol. The van der Waals surface area contributed by atoms with Crippen LogP contribution in [-0.2, 0) is 30.9 Å². The molecule has 0 heterocycles. The van der Waals surface area contributed by atoms with Gasteiger partial charge in [0.1, 0.15) is 0 Å². The van der Waals surface area contributed by atoms with Gasteiger partial charge in [0.2, 0.25) is 0 Å². The van der Waals surface area contributed by atoms with Gasteiger partial charge in [-0.25, -0.2) is 0 Å². The number of rotatable bonds is 2. The summed E-state index contributed by atoms with van der Waals surface area (Å²) in [4.78, 5) is 9.00. The molecule has 1 unspecified atom stereocenters. The van der Waals surface area contributed by atoms with Gasteiger partial charge in [0.15, 0.2) is 0 Å². The van der Waals surface area contributed by atoms with Crippen LogP contribution in [0.15, 0.2) is 0 Å². The van der Waals surface area contributed by atoms with E-state index in [-0.39, 0.29) is 6.61 Å². The SMILES string of the molecule is CC(=O)O.C[CH2][Hg].OCC(O)CS. The van der Waals surface area contributed by atoms with Crippen LogP contribution in [0.4, 0.5) is 0 Å². The van der Waals surface area contributed by atoms with Gasteiger partial charge < -0.3 is 15.3 Å². The largest absolute Gasteiger partial charge is 0.394 e. The molecule has 4 nitrogen and oxygen atoms in total. The van der Waals surface area contributed by atoms with Crippen LogP contribution in [0.25, 0.3) is 0 Å². The second kappa shape index (κ2) is 18.5. The molecule has 3 N–H and O–H groups in total. The van der Waals surface area contributed by atoms with Crippen molar-refractivity contribution >= 4 is 18.6 Å². The van der Waals surface area contributed by atoms with Gasteiger partial charge in [0.25, 0.3) is 5.97 Å². The first-order valence-corrected chi connectivity index (χ1v) is 8.36. The summed E-state index contributed by atoms with van der Waals surface area (Å²) in [5, 5.41) is 23.8. The van der Waals surface area contributed by atoms with E-state index in [9.17, 15) is 0 Å². The minimum atomic E-state index is -0.833. The molecule has 0 saturated heterocycles. The molecule has 0 fully saturated rings. The van der Waals surface area contributed by atoms with Crippen molar-refractivity contribution in [2.75, 3.05) is 12.4 Å². The molecule has 6 heteroatoms. The van der Waals surface area contributed by atoms with Gasteiger partial charge in [-0.05, 0) is 0 Å². The molecule has 13 heavy (non-hydrogen) atoms. The minimum absolute atomic E-state index is 0.191. The van der Waals surface area contributed by atoms with Gasteiger partial charge in [-0.15, -0.1) is 0 Å². The summed E-state index contributed by atoms with van der Waals surface area (Å²) in [7, 11) is 0. The van der Waals surface area contributed by atoms with Crippen LogP contribution >= 0.6 is 12.6 Å². The third-order valence-electron chi connectivity index (χ3n) is 0.421. The minimum Gasteiger partial charge on any atom is -0.394 e. The maximum atomic E-state index is 9.00. The van der Waals surface area contributed by atoms with Gasteiger partial charge in [0.05, 0.1) is 12.7 Å². The number of aliphatic hydroxyl groups is 2. The third-order valence-corrected chi connectivity index (χ3v) is 0.843. The first kappa shape index (κ1) is 19.3. The molecule has 0 saturated carbocycles. The number of hydrogen-bond donors (Lipinski definition) is 4. The first-order valence-electron chi connectivity index (χ1n) is 3.84. The topological polar surface area (TPSA) is 77.8 Å². The molecule has 0 radical (unpaired) electrons. The molecule has 0 aromatic carbocycles. The average Bonchev–Trinajstić information content (AvgIpc) is 2.03. The monoisotopic (exact) mass is 399 g/mol. The van der Waals surface area contributed by atoms with Gasteiger partial charge in [-0.2, -0.15) is 12.6 Å². The van der Waals surface area contributed by atoms with Gasteiger partial charge in [-0.3, -0.25) is 4.79 Å². The number of hydrogen-bond acceptors (Lipinski definition) is 4. The third kappa shape index (κ3) is 66.1. The van der Waals surface area contributed by atoms with E-state index in [1.54, 1.807) is 0 Å². The van der Waals surface area contributed by atoms with E-state index < -0.39 is 12.1 Å². The molecule has 0 aliphatic carbocycles. The van der Waals surface area contributed by atoms with Crippen molar-refractivity contribution in [3.8, 4) is 0 Å². The molecule has 77 valence electrons. The van der Waals surface area contributed by atoms with Crippen molar-refractivity contribution < 1.29 is 46.2 Å². The number of carboxylic acids is 1. The Bertz CT molecular complexity index is 94.5. The van der Waals surface area contributed by atoms with E-state index in [1.165, 1.54) is 3.93 Å². The van der Waals surface area contributed by atoms with E-state index in [1.807, 2.05) is 0 Å². The summed E-state index contributed by atoms with van der Waals surface area (Å²) in [6.45, 7) is 3.10. The molecule has 0 aliphatic heterocycles. The fourth-order valence-electron chi connectivity index (χ4n) is 0.0577. The Morgan fingerprint density at radius 3 is 1.85 bits per heavy atom. The Hall–Kier alpha value is 0.675. The van der Waals surface area contributed by atoms with E-state index in [0.29, 0.717) is 5.75 Å². The second-order valence-electron chi connectivity index (χ2n) is 2.04. The van der Waals surface area contributed by atoms with Crippen molar-refractivity contribution in [1.29, 1.82) is 0 Å². The zero-order chi connectivity index (χ0) is 11.3. The average molecular weight is 398 g/mol. The standard InChI is InChI=1S/C3H8O2S.C2H4O2.C2H5.Hg/c4-1-3(5)2-6;1-2(3)4;1-2;/h3-6H,1-2H2;1H3,(H,3,4);1H2,2H3;. The first-order chi connectivity index (χ1) is 5.95. The van der Waals surface area contributed by atoms with E-state index >= 15 is 0 Å². The summed E-state index contributed by atoms with van der Waals surface area (Å²) in [5.41, 5.74) is 0. The quantitative estimate of drug-likeness (QED) is 0.400. The summed E-state index contributed by atoms with van der Waals surface area (Å²) < 4.78 is 1.44. The van der Waals surface area contributed by atoms with Crippen LogP contribution in [0.2, 0.25) is 3.93 Å². The number of aliphatic hydroxyl groups excluding tert-OH is 2. The number of carbonyl (C=O) groups is 1. The van der Waals surface area contributed by atoms with Crippen molar-refractivity contribution in [1.82, 2.24) is 0 Å². The molecule has 0 bridgehead atoms. The van der Waals surface area contributed by atoms with Crippen molar-refractivity contribution in [3.05, 3.63) is 0 Å². The Morgan fingerprint density at radius 1 is 1.62 bits per heavy atom. The van der Waals surface area contributed by atoms with Gasteiger partial charge >= 0.3 is 37.0 Å². The second-order valence-corrected chi connectivity index (χ2v) is 6.29. The van der Waals surface area contributed by atoms with Crippen LogP contribution in [0.3, 0.4) is 0 Å². The molecule has 0 aromatic rings. The fourth-order valence-corrected chi connectivity index (χ4v) is 0.173. The zero-order valence-electron chi connectivity index (χ0n) is 8.10. The number of thiol groups is 1. The molecular formula is C7H17HgO4S. The summed E-state index contributed by atoms with van der Waals surface area (Å²) in [6, 6.07) is 0. The molecule has 0 aliphatic rings. The summed E-state index contributed by atoms with van der Waals surface area (Å²) >= 11 is 4.75. The molecule has 0 aromatic heterocycles. The van der Waals surface area contributed by atoms with Crippen molar-refractivity contribution in [2.45, 2.75) is 23.9 Å². The number of aliphatic carboxylic acids is 1. The van der Waals surface area contributed by atoms with Crippen LogP contribution in [-0.4, -0.2) is 39.8 Å². The summed E-state index contributed by atoms with van der Waals surface area (Å²) in [5.74, 6) is -0.503. The predicted molar refractivity (Wildman–Crippen MR) is 50.7 cm³/mol. The van der Waals surface area contributed by atoms with E-state index in [4.69, 9.17) is 20.1 Å². The zero-order valence-corrected chi connectivity index (χ0v) is 14.5. The molecule has 0 rings (SSSR count). The Labute approximate surface area is 101 Å². The summed E-state index contributed by atoms with van der Waals surface area (Å²) in [6.07, 6.45) is -0.645. The van der Waals surface area contributed by atoms with Crippen LogP contribution in [0, 0.1) is 0 Å². The Kier molecular flexibility index (Phi) is 27.4. The number of carboxylic acid groups (broad SMARTS) is 1. The van der Waals surface area contributed by atoms with Gasteiger partial charge in [0, 0.05) is 12.7 Å². The molecule has 0 spiro atoms. The van der Waals surface area contributed by atoms with Crippen LogP contribution in [0.1, 0.15) is 13.8 Å². The van der Waals surface area contributed by atoms with Crippen molar-refractivity contribution in [3.63, 3.8) is 0 Å². The maximum Gasteiger partial charge on any atom is 0.0858 e. The molecule has 1 atom stereocenters. The smallest absolute Gasteiger partial charge is 0.0858 e. The Morgan fingerprint density at radius 2 is 1.85 bits per heavy atom. The normalized spacial score (nSPS) is 10.1. The van der Waals surface area contributed by atoms with E-state index in [0.717, 1.165) is 33.0 Å². The predicted octanol–water partition coefficient (Wildman–Crippen LogP) is 0.332. The molecule has 0 amide bonds. The maximum absolute atomic E-state index is 9.00. The van der Waals surface area contributed by atoms with Gasteiger partial charge in [-0.1, -0.05) is 0 Å². The van der Waals surface area contributed by atoms with Crippen LogP contribution in [0.5, 0.6) is 0 Å². The Balaban J connectivity index is -0.000000125. The van der Waals surface area contributed by atoms with Crippen molar-refractivity contribution in [2.24, 2.45) is 0 Å². The fraction of sp³-hybridized carbons (Fsp3) is 0.857. The van der Waals surface area contributed by atoms with E-state index in [2.05, 4.69) is 19.6 Å². The van der Waals surface area contributed by atoms with Crippen LogP contribution < -0.4 is 0 Å².